The Bertz CT molecular complexity index is 817. The predicted octanol–water partition coefficient (Wildman–Crippen LogP) is 5.05. The third-order valence-corrected chi connectivity index (χ3v) is 8.93. The number of unbranched alkanes of at least 4 members (excludes halogenated alkanes) is 5. The van der Waals surface area contributed by atoms with Crippen molar-refractivity contribution in [3.63, 3.8) is 0 Å². The van der Waals surface area contributed by atoms with Crippen molar-refractivity contribution in [2.24, 2.45) is 0 Å². The molecule has 6 nitrogen and oxygen atoms in total. The standard InChI is InChI=1S/C28H45N3O3S/c1-5-31(6-2,7-3)19-12-10-8-9-11-13-20-35-26-16-14-15-23(22-32)24(26)21-30(4)25-17-18-27(33)29-28(25)34/h14-16,22,25H,5-13,17-21H2,1-4H3/p+1. The number of thioether (sulfide) groups is 1. The Morgan fingerprint density at radius 3 is 2.31 bits per heavy atom. The van der Waals surface area contributed by atoms with E-state index in [9.17, 15) is 14.4 Å². The van der Waals surface area contributed by atoms with Gasteiger partial charge in [0.25, 0.3) is 0 Å². The molecule has 1 atom stereocenters. The molecule has 1 aromatic carbocycles. The largest absolute Gasteiger partial charge is 0.324 e. The minimum Gasteiger partial charge on any atom is -0.324 e. The van der Waals surface area contributed by atoms with Crippen molar-refractivity contribution in [2.75, 3.05) is 39.0 Å². The lowest BCUT2D eigenvalue weighted by Gasteiger charge is -2.35. The molecule has 7 heteroatoms. The summed E-state index contributed by atoms with van der Waals surface area (Å²) in [6.45, 7) is 12.5. The molecule has 0 saturated carbocycles. The van der Waals surface area contributed by atoms with Crippen LogP contribution in [-0.2, 0) is 16.1 Å². The van der Waals surface area contributed by atoms with Crippen molar-refractivity contribution < 1.29 is 18.9 Å². The summed E-state index contributed by atoms with van der Waals surface area (Å²) in [5.41, 5.74) is 1.65. The number of likely N-dealkylation sites (N-methyl/N-ethyl adjacent to an activating group) is 1. The maximum absolute atomic E-state index is 12.3. The third kappa shape index (κ3) is 9.03. The molecule has 35 heavy (non-hydrogen) atoms. The van der Waals surface area contributed by atoms with Crippen molar-refractivity contribution in [1.82, 2.24) is 10.2 Å². The molecule has 196 valence electrons. The fraction of sp³-hybridized carbons (Fsp3) is 0.679. The SMILES string of the molecule is CC[N+](CC)(CC)CCCCCCCCSc1cccc(C=O)c1CN(C)C1CCC(=O)NC1=O. The van der Waals surface area contributed by atoms with E-state index in [2.05, 4.69) is 32.2 Å². The Kier molecular flexibility index (Phi) is 13.0. The van der Waals surface area contributed by atoms with E-state index in [0.717, 1.165) is 28.9 Å². The van der Waals surface area contributed by atoms with Crippen molar-refractivity contribution in [1.29, 1.82) is 0 Å². The van der Waals surface area contributed by atoms with Crippen LogP contribution in [0.4, 0.5) is 0 Å². The molecule has 0 spiro atoms. The summed E-state index contributed by atoms with van der Waals surface area (Å²) in [6, 6.07) is 5.50. The first-order chi connectivity index (χ1) is 16.9. The summed E-state index contributed by atoms with van der Waals surface area (Å²) < 4.78 is 1.25. The Labute approximate surface area is 216 Å². The third-order valence-electron chi connectivity index (χ3n) is 7.74. The normalized spacial score (nSPS) is 16.5. The van der Waals surface area contributed by atoms with E-state index in [1.54, 1.807) is 11.8 Å². The summed E-state index contributed by atoms with van der Waals surface area (Å²) in [6.07, 6.45) is 9.42. The molecule has 2 rings (SSSR count). The summed E-state index contributed by atoms with van der Waals surface area (Å²) >= 11 is 1.80. The Hall–Kier alpha value is -1.70. The molecule has 0 aromatic heterocycles. The van der Waals surface area contributed by atoms with E-state index in [-0.39, 0.29) is 17.9 Å². The summed E-state index contributed by atoms with van der Waals surface area (Å²) in [4.78, 5) is 38.5. The zero-order valence-electron chi connectivity index (χ0n) is 22.3. The lowest BCUT2D eigenvalue weighted by atomic mass is 10.0. The summed E-state index contributed by atoms with van der Waals surface area (Å²) in [7, 11) is 1.89. The number of aldehydes is 1. The molecule has 1 aliphatic heterocycles. The van der Waals surface area contributed by atoms with Gasteiger partial charge < -0.3 is 4.48 Å². The maximum Gasteiger partial charge on any atom is 0.243 e. The van der Waals surface area contributed by atoms with E-state index in [4.69, 9.17) is 0 Å². The van der Waals surface area contributed by atoms with Crippen LogP contribution in [0.25, 0.3) is 0 Å². The van der Waals surface area contributed by atoms with Gasteiger partial charge in [0.1, 0.15) is 6.29 Å². The van der Waals surface area contributed by atoms with Crippen LogP contribution in [-0.4, -0.2) is 72.5 Å². The van der Waals surface area contributed by atoms with Crippen molar-refractivity contribution in [3.05, 3.63) is 29.3 Å². The van der Waals surface area contributed by atoms with Crippen molar-refractivity contribution in [3.8, 4) is 0 Å². The quantitative estimate of drug-likeness (QED) is 0.106. The number of hydrogen-bond donors (Lipinski definition) is 1. The van der Waals surface area contributed by atoms with Crippen LogP contribution in [0, 0.1) is 0 Å². The number of hydrogen-bond acceptors (Lipinski definition) is 5. The second kappa shape index (κ2) is 15.4. The molecule has 1 aromatic rings. The fourth-order valence-electron chi connectivity index (χ4n) is 5.04. The molecule has 0 aliphatic carbocycles. The monoisotopic (exact) mass is 504 g/mol. The van der Waals surface area contributed by atoms with Crippen LogP contribution in [0.15, 0.2) is 23.1 Å². The highest BCUT2D eigenvalue weighted by Crippen LogP contribution is 2.28. The van der Waals surface area contributed by atoms with Gasteiger partial charge in [-0.05, 0) is 70.9 Å². The van der Waals surface area contributed by atoms with Gasteiger partial charge in [-0.2, -0.15) is 0 Å². The first kappa shape index (κ1) is 29.5. The number of imide groups is 1. The minimum atomic E-state index is -0.346. The number of nitrogens with one attached hydrogen (secondary N) is 1. The summed E-state index contributed by atoms with van der Waals surface area (Å²) in [5.74, 6) is 0.573. The second-order valence-corrected chi connectivity index (χ2v) is 10.9. The molecule has 1 unspecified atom stereocenters. The van der Waals surface area contributed by atoms with Crippen LogP contribution >= 0.6 is 11.8 Å². The van der Waals surface area contributed by atoms with Crippen molar-refractivity contribution in [2.45, 2.75) is 89.6 Å². The average molecular weight is 505 g/mol. The van der Waals surface area contributed by atoms with Crippen molar-refractivity contribution >= 4 is 29.9 Å². The Morgan fingerprint density at radius 2 is 1.69 bits per heavy atom. The molecule has 2 amide bonds. The molecule has 1 aliphatic rings. The highest BCUT2D eigenvalue weighted by molar-refractivity contribution is 7.99. The van der Waals surface area contributed by atoms with Gasteiger partial charge in [-0.3, -0.25) is 24.6 Å². The highest BCUT2D eigenvalue weighted by Gasteiger charge is 2.30. The zero-order chi connectivity index (χ0) is 25.7. The van der Waals surface area contributed by atoms with Crippen LogP contribution < -0.4 is 5.32 Å². The molecule has 1 saturated heterocycles. The van der Waals surface area contributed by atoms with Gasteiger partial charge in [0, 0.05) is 23.4 Å². The lowest BCUT2D eigenvalue weighted by Crippen LogP contribution is -2.51. The number of quaternary nitrogens is 1. The number of amides is 2. The average Bonchev–Trinajstić information content (AvgIpc) is 2.86. The minimum absolute atomic E-state index is 0.209. The zero-order valence-corrected chi connectivity index (χ0v) is 23.1. The van der Waals surface area contributed by atoms with E-state index >= 15 is 0 Å². The number of carbonyl (C=O) groups is 3. The summed E-state index contributed by atoms with van der Waals surface area (Å²) in [5, 5.41) is 2.43. The number of piperidine rings is 1. The molecular weight excluding hydrogens is 458 g/mol. The van der Waals surface area contributed by atoms with Gasteiger partial charge in [0.05, 0.1) is 32.2 Å². The predicted molar refractivity (Wildman–Crippen MR) is 145 cm³/mol. The number of rotatable bonds is 17. The molecule has 1 fully saturated rings. The van der Waals surface area contributed by atoms with Gasteiger partial charge in [0.2, 0.25) is 11.8 Å². The van der Waals surface area contributed by atoms with E-state index in [1.807, 2.05) is 24.1 Å². The Morgan fingerprint density at radius 1 is 1.03 bits per heavy atom. The molecule has 1 N–H and O–H groups in total. The van der Waals surface area contributed by atoms with Gasteiger partial charge in [-0.25, -0.2) is 0 Å². The number of benzene rings is 1. The fourth-order valence-corrected chi connectivity index (χ4v) is 6.14. The highest BCUT2D eigenvalue weighted by atomic mass is 32.2. The van der Waals surface area contributed by atoms with Gasteiger partial charge in [-0.1, -0.05) is 31.4 Å². The van der Waals surface area contributed by atoms with Crippen LogP contribution in [0.3, 0.4) is 0 Å². The maximum atomic E-state index is 12.3. The topological polar surface area (TPSA) is 66.5 Å². The second-order valence-electron chi connectivity index (χ2n) is 9.81. The molecule has 1 heterocycles. The van der Waals surface area contributed by atoms with Crippen LogP contribution in [0.5, 0.6) is 0 Å². The van der Waals surface area contributed by atoms with Crippen LogP contribution in [0.2, 0.25) is 0 Å². The number of carbonyl (C=O) groups excluding carboxylic acids is 3. The van der Waals surface area contributed by atoms with E-state index in [0.29, 0.717) is 24.9 Å². The van der Waals surface area contributed by atoms with Gasteiger partial charge in [0.15, 0.2) is 0 Å². The molecule has 0 bridgehead atoms. The lowest BCUT2D eigenvalue weighted by molar-refractivity contribution is -0.923. The van der Waals surface area contributed by atoms with E-state index < -0.39 is 0 Å². The first-order valence-corrected chi connectivity index (χ1v) is 14.5. The molecule has 0 radical (unpaired) electrons. The molecular formula is C28H46N3O3S+. The first-order valence-electron chi connectivity index (χ1n) is 13.5. The number of nitrogens with zero attached hydrogens (tertiary/aromatic N) is 2. The Balaban J connectivity index is 1.77. The van der Waals surface area contributed by atoms with Gasteiger partial charge >= 0.3 is 0 Å². The van der Waals surface area contributed by atoms with Gasteiger partial charge in [-0.15, -0.1) is 11.8 Å². The van der Waals surface area contributed by atoms with E-state index in [1.165, 1.54) is 62.8 Å². The van der Waals surface area contributed by atoms with Crippen LogP contribution in [0.1, 0.15) is 88.1 Å². The smallest absolute Gasteiger partial charge is 0.243 e.